The summed E-state index contributed by atoms with van der Waals surface area (Å²) in [5.74, 6) is 0.524. The maximum atomic E-state index is 12.6. The fourth-order valence-corrected chi connectivity index (χ4v) is 4.67. The molecule has 9 nitrogen and oxygen atoms in total. The van der Waals surface area contributed by atoms with Crippen LogP contribution in [0.5, 0.6) is 11.6 Å². The van der Waals surface area contributed by atoms with Crippen molar-refractivity contribution >= 4 is 34.7 Å². The van der Waals surface area contributed by atoms with Crippen molar-refractivity contribution in [3.8, 4) is 17.3 Å². The van der Waals surface area contributed by atoms with Crippen molar-refractivity contribution in [1.82, 2.24) is 14.5 Å². The highest BCUT2D eigenvalue weighted by molar-refractivity contribution is 8.18. The van der Waals surface area contributed by atoms with Gasteiger partial charge in [0.15, 0.2) is 0 Å². The van der Waals surface area contributed by atoms with Gasteiger partial charge in [-0.15, -0.1) is 0 Å². The Labute approximate surface area is 200 Å². The number of pyridine rings is 1. The van der Waals surface area contributed by atoms with E-state index in [-0.39, 0.29) is 28.8 Å². The molecule has 0 radical (unpaired) electrons. The maximum Gasteiger partial charge on any atom is 0.293 e. The van der Waals surface area contributed by atoms with Gasteiger partial charge in [0.05, 0.1) is 9.83 Å². The molecule has 174 valence electrons. The summed E-state index contributed by atoms with van der Waals surface area (Å²) in [5, 5.41) is 10.5. The van der Waals surface area contributed by atoms with Crippen LogP contribution < -0.4 is 4.74 Å². The number of carbonyl (C=O) groups excluding carboxylic acids is 2. The Kier molecular flexibility index (Phi) is 6.25. The summed E-state index contributed by atoms with van der Waals surface area (Å²) in [4.78, 5) is 40.7. The van der Waals surface area contributed by atoms with Crippen molar-refractivity contribution in [1.29, 1.82) is 0 Å². The van der Waals surface area contributed by atoms with Gasteiger partial charge >= 0.3 is 0 Å². The van der Waals surface area contributed by atoms with Gasteiger partial charge in [-0.1, -0.05) is 0 Å². The molecular weight excluding hydrogens is 456 g/mol. The van der Waals surface area contributed by atoms with Crippen LogP contribution in [0, 0.1) is 24.0 Å². The average Bonchev–Trinajstić information content (AvgIpc) is 3.23. The number of nitrogens with zero attached hydrogens (tertiary/aromatic N) is 4. The number of amides is 2. The standard InChI is InChI=1S/C24H22N4O5S/c1-14(2)26-23(29)21(34-24(26)30)12-17-11-15(3)27(16(17)4)18-5-8-20(9-6-18)33-22-10-7-19(13-25-22)28(31)32/h5-14H,1-4H3/b21-12+. The number of aromatic nitrogens is 2. The Morgan fingerprint density at radius 3 is 2.38 bits per heavy atom. The topological polar surface area (TPSA) is 108 Å². The van der Waals surface area contributed by atoms with Crippen LogP contribution in [0.4, 0.5) is 10.5 Å². The fourth-order valence-electron chi connectivity index (χ4n) is 3.72. The normalized spacial score (nSPS) is 15.0. The van der Waals surface area contributed by atoms with E-state index in [0.717, 1.165) is 40.6 Å². The number of carbonyl (C=O) groups is 2. The van der Waals surface area contributed by atoms with E-state index in [1.54, 1.807) is 18.2 Å². The fraction of sp³-hybridized carbons (Fsp3) is 0.208. The van der Waals surface area contributed by atoms with Gasteiger partial charge in [0.25, 0.3) is 16.8 Å². The third-order valence-corrected chi connectivity index (χ3v) is 6.23. The van der Waals surface area contributed by atoms with E-state index in [4.69, 9.17) is 4.74 Å². The lowest BCUT2D eigenvalue weighted by Crippen LogP contribution is -2.34. The summed E-state index contributed by atoms with van der Waals surface area (Å²) < 4.78 is 7.73. The second kappa shape index (κ2) is 9.14. The largest absolute Gasteiger partial charge is 0.439 e. The van der Waals surface area contributed by atoms with Crippen molar-refractivity contribution in [3.05, 3.63) is 80.6 Å². The van der Waals surface area contributed by atoms with Crippen LogP contribution in [0.1, 0.15) is 30.8 Å². The van der Waals surface area contributed by atoms with Crippen LogP contribution in [-0.4, -0.2) is 36.6 Å². The molecule has 0 atom stereocenters. The van der Waals surface area contributed by atoms with Crippen molar-refractivity contribution in [3.63, 3.8) is 0 Å². The Hall–Kier alpha value is -3.92. The number of aryl methyl sites for hydroxylation is 1. The summed E-state index contributed by atoms with van der Waals surface area (Å²) in [7, 11) is 0. The van der Waals surface area contributed by atoms with Gasteiger partial charge in [0, 0.05) is 35.2 Å². The van der Waals surface area contributed by atoms with Gasteiger partial charge in [-0.3, -0.25) is 24.6 Å². The first-order valence-corrected chi connectivity index (χ1v) is 11.3. The Bertz CT molecular complexity index is 1310. The number of nitro groups is 1. The highest BCUT2D eigenvalue weighted by Crippen LogP contribution is 2.35. The van der Waals surface area contributed by atoms with Gasteiger partial charge in [-0.25, -0.2) is 4.98 Å². The number of rotatable bonds is 6. The minimum Gasteiger partial charge on any atom is -0.439 e. The molecule has 1 aliphatic heterocycles. The molecule has 0 N–H and O–H groups in total. The van der Waals surface area contributed by atoms with Crippen molar-refractivity contribution in [2.45, 2.75) is 33.7 Å². The van der Waals surface area contributed by atoms with E-state index in [1.165, 1.54) is 17.0 Å². The summed E-state index contributed by atoms with van der Waals surface area (Å²) in [5.41, 5.74) is 3.55. The number of hydrogen-bond acceptors (Lipinski definition) is 7. The van der Waals surface area contributed by atoms with Gasteiger partial charge in [-0.05, 0) is 81.4 Å². The predicted octanol–water partition coefficient (Wildman–Crippen LogP) is 5.63. The molecule has 0 spiro atoms. The molecule has 3 aromatic rings. The van der Waals surface area contributed by atoms with Gasteiger partial charge in [0.1, 0.15) is 11.9 Å². The van der Waals surface area contributed by atoms with Crippen LogP contribution in [0.3, 0.4) is 0 Å². The molecule has 1 saturated heterocycles. The first kappa shape index (κ1) is 23.2. The minimum atomic E-state index is -0.517. The van der Waals surface area contributed by atoms with E-state index in [1.807, 2.05) is 50.5 Å². The molecule has 2 amide bonds. The Balaban J connectivity index is 1.56. The molecule has 0 saturated carbocycles. The SMILES string of the molecule is Cc1cc(/C=C2/SC(=O)N(C(C)C)C2=O)c(C)n1-c1ccc(Oc2ccc([N+](=O)[O-])cn2)cc1. The maximum absolute atomic E-state index is 12.6. The number of benzene rings is 1. The van der Waals surface area contributed by atoms with Crippen LogP contribution in [0.15, 0.2) is 53.6 Å². The van der Waals surface area contributed by atoms with Crippen molar-refractivity contribution in [2.24, 2.45) is 0 Å². The third-order valence-electron chi connectivity index (χ3n) is 5.35. The smallest absolute Gasteiger partial charge is 0.293 e. The Morgan fingerprint density at radius 1 is 1.12 bits per heavy atom. The summed E-state index contributed by atoms with van der Waals surface area (Å²) in [6.45, 7) is 7.55. The first-order valence-electron chi connectivity index (χ1n) is 10.5. The number of thioether (sulfide) groups is 1. The van der Waals surface area contributed by atoms with E-state index in [0.29, 0.717) is 10.7 Å². The lowest BCUT2D eigenvalue weighted by molar-refractivity contribution is -0.385. The predicted molar refractivity (Wildman–Crippen MR) is 129 cm³/mol. The molecule has 0 aliphatic carbocycles. The van der Waals surface area contributed by atoms with E-state index >= 15 is 0 Å². The minimum absolute atomic E-state index is 0.106. The lowest BCUT2D eigenvalue weighted by atomic mass is 10.2. The second-order valence-electron chi connectivity index (χ2n) is 8.02. The molecule has 4 rings (SSSR count). The van der Waals surface area contributed by atoms with Crippen molar-refractivity contribution < 1.29 is 19.2 Å². The number of hydrogen-bond donors (Lipinski definition) is 0. The highest BCUT2D eigenvalue weighted by atomic mass is 32.2. The van der Waals surface area contributed by atoms with Crippen molar-refractivity contribution in [2.75, 3.05) is 0 Å². The van der Waals surface area contributed by atoms with Crippen LogP contribution >= 0.6 is 11.8 Å². The van der Waals surface area contributed by atoms with Crippen LogP contribution in [0.25, 0.3) is 11.8 Å². The zero-order valence-electron chi connectivity index (χ0n) is 19.0. The monoisotopic (exact) mass is 478 g/mol. The zero-order valence-corrected chi connectivity index (χ0v) is 19.8. The van der Waals surface area contributed by atoms with Crippen LogP contribution in [0.2, 0.25) is 0 Å². The Morgan fingerprint density at radius 2 is 1.82 bits per heavy atom. The highest BCUT2D eigenvalue weighted by Gasteiger charge is 2.36. The molecule has 0 unspecified atom stereocenters. The van der Waals surface area contributed by atoms with E-state index in [9.17, 15) is 19.7 Å². The molecule has 1 aromatic carbocycles. The quantitative estimate of drug-likeness (QED) is 0.256. The number of ether oxygens (including phenoxy) is 1. The van der Waals surface area contributed by atoms with Gasteiger partial charge in [0.2, 0.25) is 5.88 Å². The zero-order chi connectivity index (χ0) is 24.6. The lowest BCUT2D eigenvalue weighted by Gasteiger charge is -2.16. The molecule has 2 aromatic heterocycles. The molecule has 1 aliphatic rings. The summed E-state index contributed by atoms with van der Waals surface area (Å²) in [6, 6.07) is 11.9. The third kappa shape index (κ3) is 4.44. The summed E-state index contributed by atoms with van der Waals surface area (Å²) >= 11 is 0.959. The molecule has 34 heavy (non-hydrogen) atoms. The van der Waals surface area contributed by atoms with Gasteiger partial charge in [-0.2, -0.15) is 0 Å². The molecular formula is C24H22N4O5S. The molecule has 0 bridgehead atoms. The summed E-state index contributed by atoms with van der Waals surface area (Å²) in [6.07, 6.45) is 2.91. The number of imide groups is 1. The molecule has 1 fully saturated rings. The molecule has 3 heterocycles. The average molecular weight is 479 g/mol. The van der Waals surface area contributed by atoms with E-state index in [2.05, 4.69) is 4.98 Å². The first-order chi connectivity index (χ1) is 16.2. The van der Waals surface area contributed by atoms with Crippen LogP contribution in [-0.2, 0) is 4.79 Å². The van der Waals surface area contributed by atoms with E-state index < -0.39 is 4.92 Å². The molecule has 10 heteroatoms. The second-order valence-corrected chi connectivity index (χ2v) is 9.01. The van der Waals surface area contributed by atoms with Gasteiger partial charge < -0.3 is 9.30 Å².